The van der Waals surface area contributed by atoms with Crippen LogP contribution in [-0.4, -0.2) is 19.7 Å². The second-order valence-corrected chi connectivity index (χ2v) is 5.00. The van der Waals surface area contributed by atoms with Crippen LogP contribution in [0.4, 0.5) is 0 Å². The number of fused-ring (bicyclic) bond motifs is 2. The quantitative estimate of drug-likeness (QED) is 0.719. The minimum absolute atomic E-state index is 0.0204. The summed E-state index contributed by atoms with van der Waals surface area (Å²) in [5.41, 5.74) is 4.34. The van der Waals surface area contributed by atoms with Gasteiger partial charge in [-0.1, -0.05) is 23.8 Å². The van der Waals surface area contributed by atoms with Crippen LogP contribution in [0, 0.1) is 6.92 Å². The Morgan fingerprint density at radius 3 is 2.88 bits per heavy atom. The molecule has 0 amide bonds. The molecule has 1 spiro atoms. The summed E-state index contributed by atoms with van der Waals surface area (Å²) in [7, 11) is 0. The van der Waals surface area contributed by atoms with Gasteiger partial charge in [-0.15, -0.1) is 0 Å². The second kappa shape index (κ2) is 3.86. The normalized spacial score (nSPS) is 23.1. The van der Waals surface area contributed by atoms with Crippen LogP contribution in [0.5, 0.6) is 0 Å². The van der Waals surface area contributed by atoms with Crippen molar-refractivity contribution < 1.29 is 4.74 Å². The number of rotatable bonds is 0. The van der Waals surface area contributed by atoms with E-state index in [2.05, 4.69) is 30.4 Å². The van der Waals surface area contributed by atoms with E-state index in [0.717, 1.165) is 39.0 Å². The summed E-state index contributed by atoms with van der Waals surface area (Å²) in [6.07, 6.45) is 3.30. The van der Waals surface area contributed by atoms with Crippen molar-refractivity contribution in [2.75, 3.05) is 19.7 Å². The van der Waals surface area contributed by atoms with Crippen molar-refractivity contribution in [2.24, 2.45) is 0 Å². The molecule has 1 saturated heterocycles. The van der Waals surface area contributed by atoms with Gasteiger partial charge in [0.15, 0.2) is 0 Å². The van der Waals surface area contributed by atoms with E-state index in [1.54, 1.807) is 0 Å². The predicted molar refractivity (Wildman–Crippen MR) is 64.6 cm³/mol. The molecule has 0 aromatic heterocycles. The van der Waals surface area contributed by atoms with Gasteiger partial charge in [0, 0.05) is 0 Å². The minimum atomic E-state index is 0.0204. The first-order chi connectivity index (χ1) is 7.80. The maximum atomic E-state index is 6.13. The Bertz CT molecular complexity index is 394. The molecule has 2 heterocycles. The van der Waals surface area contributed by atoms with Crippen LogP contribution >= 0.6 is 0 Å². The van der Waals surface area contributed by atoms with Crippen molar-refractivity contribution in [3.63, 3.8) is 0 Å². The highest BCUT2D eigenvalue weighted by molar-refractivity contribution is 5.38. The highest BCUT2D eigenvalue weighted by Crippen LogP contribution is 2.40. The molecule has 0 radical (unpaired) electrons. The molecule has 86 valence electrons. The fraction of sp³-hybridized carbons (Fsp3) is 0.571. The Hall–Kier alpha value is -0.860. The molecule has 2 nitrogen and oxygen atoms in total. The van der Waals surface area contributed by atoms with E-state index in [1.807, 2.05) is 0 Å². The van der Waals surface area contributed by atoms with E-state index < -0.39 is 0 Å². The number of nitrogens with one attached hydrogen (secondary N) is 1. The van der Waals surface area contributed by atoms with Gasteiger partial charge < -0.3 is 10.1 Å². The van der Waals surface area contributed by atoms with Gasteiger partial charge in [0.1, 0.15) is 0 Å². The molecule has 2 heteroatoms. The van der Waals surface area contributed by atoms with Crippen molar-refractivity contribution in [3.05, 3.63) is 34.9 Å². The largest absolute Gasteiger partial charge is 0.370 e. The fourth-order valence-corrected chi connectivity index (χ4v) is 3.05. The molecule has 2 aliphatic rings. The number of aryl methyl sites for hydroxylation is 1. The minimum Gasteiger partial charge on any atom is -0.370 e. The van der Waals surface area contributed by atoms with E-state index in [0.29, 0.717) is 0 Å². The first-order valence-corrected chi connectivity index (χ1v) is 6.25. The van der Waals surface area contributed by atoms with Gasteiger partial charge >= 0.3 is 0 Å². The second-order valence-electron chi connectivity index (χ2n) is 5.00. The zero-order valence-corrected chi connectivity index (χ0v) is 9.88. The van der Waals surface area contributed by atoms with Crippen LogP contribution in [0.25, 0.3) is 0 Å². The molecule has 0 saturated carbocycles. The van der Waals surface area contributed by atoms with Crippen molar-refractivity contribution in [1.82, 2.24) is 5.32 Å². The standard InChI is InChI=1S/C14H19NO/c1-11-2-3-13-12(10-11)4-9-16-14(13)5-7-15-8-6-14/h2-3,10,15H,4-9H2,1H3. The average Bonchev–Trinajstić information content (AvgIpc) is 2.30. The van der Waals surface area contributed by atoms with E-state index in [-0.39, 0.29) is 5.60 Å². The maximum absolute atomic E-state index is 6.13. The number of piperidine rings is 1. The number of hydrogen-bond donors (Lipinski definition) is 1. The summed E-state index contributed by atoms with van der Waals surface area (Å²) in [6, 6.07) is 6.84. The monoisotopic (exact) mass is 217 g/mol. The lowest BCUT2D eigenvalue weighted by atomic mass is 9.79. The highest BCUT2D eigenvalue weighted by atomic mass is 16.5. The summed E-state index contributed by atoms with van der Waals surface area (Å²) in [6.45, 7) is 5.21. The van der Waals surface area contributed by atoms with E-state index in [4.69, 9.17) is 4.74 Å². The van der Waals surface area contributed by atoms with Gasteiger partial charge in [-0.3, -0.25) is 0 Å². The summed E-state index contributed by atoms with van der Waals surface area (Å²) in [5.74, 6) is 0. The SMILES string of the molecule is Cc1ccc2c(c1)CCOC21CCNCC1. The fourth-order valence-electron chi connectivity index (χ4n) is 3.05. The van der Waals surface area contributed by atoms with Crippen molar-refractivity contribution in [3.8, 4) is 0 Å². The van der Waals surface area contributed by atoms with Crippen LogP contribution in [-0.2, 0) is 16.8 Å². The molecule has 0 bridgehead atoms. The summed E-state index contributed by atoms with van der Waals surface area (Å²) in [4.78, 5) is 0. The van der Waals surface area contributed by atoms with E-state index in [1.165, 1.54) is 16.7 Å². The zero-order chi connectivity index (χ0) is 11.0. The molecule has 16 heavy (non-hydrogen) atoms. The van der Waals surface area contributed by atoms with Gasteiger partial charge in [0.2, 0.25) is 0 Å². The van der Waals surface area contributed by atoms with E-state index >= 15 is 0 Å². The molecule has 0 unspecified atom stereocenters. The van der Waals surface area contributed by atoms with Gasteiger partial charge in [-0.25, -0.2) is 0 Å². The Morgan fingerprint density at radius 2 is 2.06 bits per heavy atom. The topological polar surface area (TPSA) is 21.3 Å². The average molecular weight is 217 g/mol. The van der Waals surface area contributed by atoms with Crippen LogP contribution in [0.2, 0.25) is 0 Å². The Kier molecular flexibility index (Phi) is 2.49. The van der Waals surface area contributed by atoms with Gasteiger partial charge in [-0.2, -0.15) is 0 Å². The van der Waals surface area contributed by atoms with Gasteiger partial charge in [0.25, 0.3) is 0 Å². The van der Waals surface area contributed by atoms with E-state index in [9.17, 15) is 0 Å². The van der Waals surface area contributed by atoms with Crippen molar-refractivity contribution in [2.45, 2.75) is 31.8 Å². The highest BCUT2D eigenvalue weighted by Gasteiger charge is 2.38. The third-order valence-electron chi connectivity index (χ3n) is 3.91. The molecule has 1 N–H and O–H groups in total. The molecule has 2 aliphatic heterocycles. The molecular weight excluding hydrogens is 198 g/mol. The molecule has 0 atom stereocenters. The Morgan fingerprint density at radius 1 is 1.25 bits per heavy atom. The smallest absolute Gasteiger partial charge is 0.0958 e. The molecule has 3 rings (SSSR count). The molecule has 0 aliphatic carbocycles. The third-order valence-corrected chi connectivity index (χ3v) is 3.91. The zero-order valence-electron chi connectivity index (χ0n) is 9.88. The van der Waals surface area contributed by atoms with Crippen molar-refractivity contribution in [1.29, 1.82) is 0 Å². The first-order valence-electron chi connectivity index (χ1n) is 6.25. The Balaban J connectivity index is 2.04. The van der Waals surface area contributed by atoms with Crippen molar-refractivity contribution >= 4 is 0 Å². The van der Waals surface area contributed by atoms with Crippen LogP contribution in [0.15, 0.2) is 18.2 Å². The summed E-state index contributed by atoms with van der Waals surface area (Å²) >= 11 is 0. The first kappa shape index (κ1) is 10.3. The summed E-state index contributed by atoms with van der Waals surface area (Å²) in [5, 5.41) is 3.42. The van der Waals surface area contributed by atoms with Crippen LogP contribution in [0.3, 0.4) is 0 Å². The van der Waals surface area contributed by atoms with Crippen LogP contribution < -0.4 is 5.32 Å². The third kappa shape index (κ3) is 1.57. The molecule has 1 fully saturated rings. The Labute approximate surface area is 97.0 Å². The molecule has 1 aromatic rings. The predicted octanol–water partition coefficient (Wildman–Crippen LogP) is 2.15. The molecular formula is C14H19NO. The molecule has 1 aromatic carbocycles. The summed E-state index contributed by atoms with van der Waals surface area (Å²) < 4.78 is 6.13. The maximum Gasteiger partial charge on any atom is 0.0958 e. The van der Waals surface area contributed by atoms with Gasteiger partial charge in [0.05, 0.1) is 12.2 Å². The number of hydrogen-bond acceptors (Lipinski definition) is 2. The van der Waals surface area contributed by atoms with Crippen LogP contribution in [0.1, 0.15) is 29.5 Å². The lowest BCUT2D eigenvalue weighted by Gasteiger charge is -2.42. The number of benzene rings is 1. The number of ether oxygens (including phenoxy) is 1. The lowest BCUT2D eigenvalue weighted by molar-refractivity contribution is -0.0802. The lowest BCUT2D eigenvalue weighted by Crippen LogP contribution is -2.44. The van der Waals surface area contributed by atoms with Gasteiger partial charge in [-0.05, 0) is 50.4 Å².